The summed E-state index contributed by atoms with van der Waals surface area (Å²) in [7, 11) is -0.0238. The minimum atomic E-state index is -3.04. The van der Waals surface area contributed by atoms with Crippen LogP contribution in [-0.2, 0) is 9.84 Å². The number of carbonyl (C=O) groups is 1. The van der Waals surface area contributed by atoms with Crippen molar-refractivity contribution < 1.29 is 22.7 Å². The van der Waals surface area contributed by atoms with Gasteiger partial charge >= 0.3 is 0 Å². The summed E-state index contributed by atoms with van der Waals surface area (Å²) in [5, 5.41) is 0.437. The molecule has 2 saturated heterocycles. The van der Waals surface area contributed by atoms with Crippen LogP contribution in [0, 0.1) is 0 Å². The summed E-state index contributed by atoms with van der Waals surface area (Å²) >= 11 is 1.34. The first-order valence-electron chi connectivity index (χ1n) is 7.98. The van der Waals surface area contributed by atoms with E-state index in [1.165, 1.54) is 26.0 Å². The number of amides is 1. The van der Waals surface area contributed by atoms with E-state index in [4.69, 9.17) is 9.47 Å². The molecular formula is C17H20N2O5S2. The van der Waals surface area contributed by atoms with E-state index in [2.05, 4.69) is 11.6 Å². The number of amidine groups is 1. The number of benzene rings is 1. The number of sulfone groups is 1. The first-order chi connectivity index (χ1) is 12.4. The van der Waals surface area contributed by atoms with Crippen LogP contribution in [0.25, 0.3) is 0 Å². The van der Waals surface area contributed by atoms with Gasteiger partial charge in [-0.25, -0.2) is 8.42 Å². The van der Waals surface area contributed by atoms with Crippen molar-refractivity contribution in [3.8, 4) is 11.5 Å². The number of carbonyl (C=O) groups excluding carboxylic acids is 1. The average molecular weight is 396 g/mol. The predicted molar refractivity (Wildman–Crippen MR) is 102 cm³/mol. The predicted octanol–water partition coefficient (Wildman–Crippen LogP) is 1.60. The Morgan fingerprint density at radius 3 is 2.73 bits per heavy atom. The number of aliphatic imine (C=N–C) groups is 1. The van der Waals surface area contributed by atoms with Crippen LogP contribution in [0.5, 0.6) is 11.5 Å². The zero-order valence-corrected chi connectivity index (χ0v) is 16.2. The van der Waals surface area contributed by atoms with Gasteiger partial charge < -0.3 is 14.4 Å². The molecule has 2 heterocycles. The Bertz CT molecular complexity index is 866. The molecule has 0 aliphatic carbocycles. The largest absolute Gasteiger partial charge is 0.493 e. The van der Waals surface area contributed by atoms with Crippen LogP contribution < -0.4 is 9.47 Å². The fourth-order valence-electron chi connectivity index (χ4n) is 3.11. The van der Waals surface area contributed by atoms with E-state index in [0.717, 1.165) is 0 Å². The Labute approximate surface area is 157 Å². The first-order valence-corrected chi connectivity index (χ1v) is 10.7. The minimum Gasteiger partial charge on any atom is -0.493 e. The molecule has 1 amide bonds. The minimum absolute atomic E-state index is 0.0854. The highest BCUT2D eigenvalue weighted by atomic mass is 32.2. The average Bonchev–Trinajstić information content (AvgIpc) is 3.06. The molecule has 0 N–H and O–H groups in total. The number of thioether (sulfide) groups is 1. The second kappa shape index (κ2) is 7.32. The van der Waals surface area contributed by atoms with E-state index in [1.807, 2.05) is 4.90 Å². The fourth-order valence-corrected chi connectivity index (χ4v) is 7.07. The number of methoxy groups -OCH3 is 2. The molecule has 9 heteroatoms. The molecule has 0 spiro atoms. The Kier molecular flexibility index (Phi) is 5.29. The summed E-state index contributed by atoms with van der Waals surface area (Å²) < 4.78 is 34.1. The van der Waals surface area contributed by atoms with E-state index >= 15 is 0 Å². The molecule has 2 aliphatic rings. The van der Waals surface area contributed by atoms with Crippen LogP contribution in [-0.4, -0.2) is 68.0 Å². The van der Waals surface area contributed by atoms with Crippen LogP contribution in [0.1, 0.15) is 10.4 Å². The molecule has 1 aromatic rings. The van der Waals surface area contributed by atoms with Crippen molar-refractivity contribution in [3.05, 3.63) is 36.4 Å². The van der Waals surface area contributed by atoms with Crippen molar-refractivity contribution in [1.82, 2.24) is 4.90 Å². The quantitative estimate of drug-likeness (QED) is 0.699. The molecule has 1 aromatic carbocycles. The summed E-state index contributed by atoms with van der Waals surface area (Å²) in [6, 6.07) is 4.68. The van der Waals surface area contributed by atoms with Gasteiger partial charge in [0.15, 0.2) is 26.5 Å². The van der Waals surface area contributed by atoms with Gasteiger partial charge in [0.25, 0.3) is 5.91 Å². The molecule has 2 aliphatic heterocycles. The highest BCUT2D eigenvalue weighted by molar-refractivity contribution is 8.15. The van der Waals surface area contributed by atoms with Gasteiger partial charge in [-0.05, 0) is 18.2 Å². The molecule has 2 fully saturated rings. The van der Waals surface area contributed by atoms with Gasteiger partial charge in [-0.15, -0.1) is 6.58 Å². The van der Waals surface area contributed by atoms with Gasteiger partial charge in [-0.2, -0.15) is 4.99 Å². The highest BCUT2D eigenvalue weighted by Gasteiger charge is 2.48. The molecule has 0 aromatic heterocycles. The monoisotopic (exact) mass is 396 g/mol. The van der Waals surface area contributed by atoms with Crippen molar-refractivity contribution in [2.45, 2.75) is 11.3 Å². The smallest absolute Gasteiger partial charge is 0.279 e. The zero-order chi connectivity index (χ0) is 18.9. The van der Waals surface area contributed by atoms with Crippen molar-refractivity contribution in [1.29, 1.82) is 0 Å². The maximum atomic E-state index is 12.6. The van der Waals surface area contributed by atoms with Gasteiger partial charge in [-0.1, -0.05) is 17.8 Å². The maximum Gasteiger partial charge on any atom is 0.279 e. The molecule has 26 heavy (non-hydrogen) atoms. The van der Waals surface area contributed by atoms with Crippen LogP contribution >= 0.6 is 11.8 Å². The van der Waals surface area contributed by atoms with Crippen molar-refractivity contribution in [2.75, 3.05) is 32.3 Å². The van der Waals surface area contributed by atoms with E-state index in [9.17, 15) is 13.2 Å². The van der Waals surface area contributed by atoms with Crippen LogP contribution in [0.4, 0.5) is 0 Å². The van der Waals surface area contributed by atoms with Gasteiger partial charge in [0.2, 0.25) is 0 Å². The maximum absolute atomic E-state index is 12.6. The standard InChI is InChI=1S/C17H20N2O5S2/c1-4-7-19-12-9-26(21,22)10-15(12)25-17(19)18-16(20)11-5-6-13(23-2)14(8-11)24-3/h4-6,8,12,15H,1,7,9-10H2,2-3H3. The third kappa shape index (κ3) is 3.59. The molecule has 140 valence electrons. The lowest BCUT2D eigenvalue weighted by molar-refractivity contribution is 0.100. The highest BCUT2D eigenvalue weighted by Crippen LogP contribution is 2.38. The second-order valence-corrected chi connectivity index (χ2v) is 9.37. The molecule has 2 unspecified atom stereocenters. The Hall–Kier alpha value is -2.00. The lowest BCUT2D eigenvalue weighted by Gasteiger charge is -2.22. The number of rotatable bonds is 5. The zero-order valence-electron chi connectivity index (χ0n) is 14.5. The number of hydrogen-bond acceptors (Lipinski definition) is 6. The number of nitrogens with zero attached hydrogens (tertiary/aromatic N) is 2. The number of hydrogen-bond donors (Lipinski definition) is 0. The fraction of sp³-hybridized carbons (Fsp3) is 0.412. The molecule has 7 nitrogen and oxygen atoms in total. The van der Waals surface area contributed by atoms with E-state index in [-0.39, 0.29) is 22.8 Å². The molecule has 0 bridgehead atoms. The lowest BCUT2D eigenvalue weighted by Crippen LogP contribution is -2.37. The molecule has 0 radical (unpaired) electrons. The summed E-state index contributed by atoms with van der Waals surface area (Å²) in [6.07, 6.45) is 1.68. The summed E-state index contributed by atoms with van der Waals surface area (Å²) in [6.45, 7) is 4.16. The number of fused-ring (bicyclic) bond motifs is 1. The Balaban J connectivity index is 1.87. The Morgan fingerprint density at radius 1 is 1.35 bits per heavy atom. The number of ether oxygens (including phenoxy) is 2. The third-order valence-electron chi connectivity index (χ3n) is 4.33. The topological polar surface area (TPSA) is 85.3 Å². The van der Waals surface area contributed by atoms with E-state index < -0.39 is 15.7 Å². The summed E-state index contributed by atoms with van der Waals surface area (Å²) in [4.78, 5) is 18.7. The van der Waals surface area contributed by atoms with E-state index in [0.29, 0.717) is 28.8 Å². The van der Waals surface area contributed by atoms with Crippen molar-refractivity contribution >= 4 is 32.7 Å². The van der Waals surface area contributed by atoms with Crippen molar-refractivity contribution in [2.24, 2.45) is 4.99 Å². The molecule has 0 saturated carbocycles. The second-order valence-electron chi connectivity index (χ2n) is 6.01. The van der Waals surface area contributed by atoms with Gasteiger partial charge in [-0.3, -0.25) is 4.79 Å². The molecular weight excluding hydrogens is 376 g/mol. The Morgan fingerprint density at radius 2 is 2.08 bits per heavy atom. The lowest BCUT2D eigenvalue weighted by atomic mass is 10.2. The van der Waals surface area contributed by atoms with Gasteiger partial charge in [0.1, 0.15) is 0 Å². The van der Waals surface area contributed by atoms with Crippen molar-refractivity contribution in [3.63, 3.8) is 0 Å². The molecule has 2 atom stereocenters. The normalized spacial score (nSPS) is 25.2. The summed E-state index contributed by atoms with van der Waals surface area (Å²) in [5.41, 5.74) is 0.374. The van der Waals surface area contributed by atoms with Gasteiger partial charge in [0, 0.05) is 17.4 Å². The van der Waals surface area contributed by atoms with Gasteiger partial charge in [0.05, 0.1) is 31.8 Å². The van der Waals surface area contributed by atoms with Crippen LogP contribution in [0.3, 0.4) is 0 Å². The SMILES string of the molecule is C=CCN1C(=NC(=O)c2ccc(OC)c(OC)c2)SC2CS(=O)(=O)CC21. The van der Waals surface area contributed by atoms with E-state index in [1.54, 1.807) is 24.3 Å². The van der Waals surface area contributed by atoms with Crippen LogP contribution in [0.2, 0.25) is 0 Å². The summed E-state index contributed by atoms with van der Waals surface area (Å²) in [5.74, 6) is 0.760. The third-order valence-corrected chi connectivity index (χ3v) is 7.58. The first kappa shape index (κ1) is 18.8. The van der Waals surface area contributed by atoms with Crippen LogP contribution in [0.15, 0.2) is 35.8 Å². The molecule has 3 rings (SSSR count).